The van der Waals surface area contributed by atoms with Crippen LogP contribution >= 0.6 is 0 Å². The minimum absolute atomic E-state index is 0.495. The molecule has 1 atom stereocenters. The molecule has 3 rings (SSSR count). The number of rotatable bonds is 11. The number of hydrogen-bond donors (Lipinski definition) is 1. The third-order valence-corrected chi connectivity index (χ3v) is 5.97. The first-order chi connectivity index (χ1) is 14.5. The summed E-state index contributed by atoms with van der Waals surface area (Å²) in [5, 5.41) is 3.45. The van der Waals surface area contributed by atoms with Crippen molar-refractivity contribution >= 4 is 27.7 Å². The molecule has 0 amide bonds. The number of anilines is 1. The summed E-state index contributed by atoms with van der Waals surface area (Å²) in [6.07, 6.45) is 1.00. The molecule has 0 bridgehead atoms. The van der Waals surface area contributed by atoms with Gasteiger partial charge in [-0.1, -0.05) is 19.1 Å². The van der Waals surface area contributed by atoms with Crippen molar-refractivity contribution in [3.63, 3.8) is 0 Å². The molecule has 0 aliphatic carbocycles. The maximum atomic E-state index is 12.4. The molecule has 1 N–H and O–H groups in total. The molecule has 7 nitrogen and oxygen atoms in total. The van der Waals surface area contributed by atoms with Crippen molar-refractivity contribution in [1.29, 1.82) is 0 Å². The highest BCUT2D eigenvalue weighted by molar-refractivity contribution is 7.82. The molecule has 0 aliphatic heterocycles. The highest BCUT2D eigenvalue weighted by Gasteiger charge is 2.14. The summed E-state index contributed by atoms with van der Waals surface area (Å²) < 4.78 is 27.2. The Morgan fingerprint density at radius 3 is 2.70 bits per heavy atom. The number of nitrogens with zero attached hydrogens (tertiary/aromatic N) is 3. The zero-order valence-electron chi connectivity index (χ0n) is 18.1. The first kappa shape index (κ1) is 22.3. The van der Waals surface area contributed by atoms with Crippen LogP contribution in [0.15, 0.2) is 47.4 Å². The lowest BCUT2D eigenvalue weighted by Gasteiger charge is -2.14. The highest BCUT2D eigenvalue weighted by Crippen LogP contribution is 2.26. The molecule has 0 fully saturated rings. The fraction of sp³-hybridized carbons (Fsp3) is 0.409. The van der Waals surface area contributed by atoms with Gasteiger partial charge in [0.1, 0.15) is 29.2 Å². The van der Waals surface area contributed by atoms with Crippen LogP contribution in [-0.4, -0.2) is 52.5 Å². The number of aryl methyl sites for hydroxylation is 1. The van der Waals surface area contributed by atoms with E-state index in [2.05, 4.69) is 16.8 Å². The third-order valence-electron chi connectivity index (χ3n) is 4.65. The average molecular weight is 431 g/mol. The number of nitrogens with one attached hydrogen (secondary N) is 1. The van der Waals surface area contributed by atoms with Gasteiger partial charge in [-0.05, 0) is 50.8 Å². The van der Waals surface area contributed by atoms with E-state index in [1.54, 1.807) is 25.5 Å². The molecular formula is C22H30N4O3S. The molecule has 2 aromatic carbocycles. The number of aromatic nitrogens is 2. The van der Waals surface area contributed by atoms with Crippen LogP contribution in [0.5, 0.6) is 5.75 Å². The molecule has 8 heteroatoms. The number of methoxy groups -OCH3 is 1. The fourth-order valence-electron chi connectivity index (χ4n) is 3.23. The van der Waals surface area contributed by atoms with E-state index >= 15 is 0 Å². The van der Waals surface area contributed by atoms with Gasteiger partial charge in [0.05, 0.1) is 34.8 Å². The van der Waals surface area contributed by atoms with Crippen molar-refractivity contribution in [2.45, 2.75) is 31.3 Å². The fourth-order valence-corrected chi connectivity index (χ4v) is 4.05. The molecule has 0 saturated heterocycles. The summed E-state index contributed by atoms with van der Waals surface area (Å²) in [7, 11) is 4.07. The minimum Gasteiger partial charge on any atom is -0.489 e. The first-order valence-corrected chi connectivity index (χ1v) is 11.2. The Labute approximate surface area is 180 Å². The standard InChI is InChI=1S/C22H30N4O3S/c1-5-12-26-20-11-10-17(30(27)25(2)3)15-19(20)24-22(26)16-23-18-8-6-7-9-21(18)29-14-13-28-4/h6-11,15,23H,5,12-14,16H2,1-4H3. The number of imidazole rings is 1. The predicted molar refractivity (Wildman–Crippen MR) is 121 cm³/mol. The van der Waals surface area contributed by atoms with E-state index in [0.29, 0.717) is 19.8 Å². The number of hydrogen-bond acceptors (Lipinski definition) is 5. The zero-order chi connectivity index (χ0) is 21.5. The van der Waals surface area contributed by atoms with Crippen LogP contribution in [0.4, 0.5) is 5.69 Å². The Bertz CT molecular complexity index is 1000. The normalized spacial score (nSPS) is 12.4. The first-order valence-electron chi connectivity index (χ1n) is 10.1. The van der Waals surface area contributed by atoms with Crippen LogP contribution < -0.4 is 10.1 Å². The summed E-state index contributed by atoms with van der Waals surface area (Å²) in [5.74, 6) is 1.72. The van der Waals surface area contributed by atoms with Gasteiger partial charge in [0, 0.05) is 13.7 Å². The van der Waals surface area contributed by atoms with E-state index < -0.39 is 11.0 Å². The van der Waals surface area contributed by atoms with Crippen LogP contribution in [0.25, 0.3) is 11.0 Å². The van der Waals surface area contributed by atoms with Crippen LogP contribution in [0.3, 0.4) is 0 Å². The Hall–Kier alpha value is -2.42. The molecule has 162 valence electrons. The maximum absolute atomic E-state index is 12.4. The zero-order valence-corrected chi connectivity index (χ0v) is 18.9. The van der Waals surface area contributed by atoms with Crippen LogP contribution in [0.2, 0.25) is 0 Å². The van der Waals surface area contributed by atoms with Gasteiger partial charge in [-0.3, -0.25) is 0 Å². The Morgan fingerprint density at radius 2 is 1.97 bits per heavy atom. The SMILES string of the molecule is CCCn1c(CNc2ccccc2OCCOC)nc2cc(S(=O)N(C)C)ccc21. The third kappa shape index (κ3) is 5.19. The minimum atomic E-state index is -1.19. The number of fused-ring (bicyclic) bond motifs is 1. The van der Waals surface area contributed by atoms with Crippen molar-refractivity contribution in [2.75, 3.05) is 39.7 Å². The average Bonchev–Trinajstić information content (AvgIpc) is 3.09. The molecular weight excluding hydrogens is 400 g/mol. The Morgan fingerprint density at radius 1 is 1.17 bits per heavy atom. The number of benzene rings is 2. The summed E-state index contributed by atoms with van der Waals surface area (Å²) in [5.41, 5.74) is 2.83. The van der Waals surface area contributed by atoms with E-state index in [9.17, 15) is 4.21 Å². The largest absolute Gasteiger partial charge is 0.489 e. The van der Waals surface area contributed by atoms with E-state index in [0.717, 1.165) is 46.2 Å². The van der Waals surface area contributed by atoms with Crippen molar-refractivity contribution in [2.24, 2.45) is 0 Å². The molecule has 1 unspecified atom stereocenters. The molecule has 0 saturated carbocycles. The lowest BCUT2D eigenvalue weighted by atomic mass is 10.3. The Balaban J connectivity index is 1.85. The van der Waals surface area contributed by atoms with Crippen LogP contribution in [0, 0.1) is 0 Å². The number of para-hydroxylation sites is 2. The van der Waals surface area contributed by atoms with Crippen molar-refractivity contribution < 1.29 is 13.7 Å². The van der Waals surface area contributed by atoms with Gasteiger partial charge in [0.2, 0.25) is 0 Å². The molecule has 0 aliphatic rings. The van der Waals surface area contributed by atoms with Gasteiger partial charge in [0.25, 0.3) is 0 Å². The lowest BCUT2D eigenvalue weighted by Crippen LogP contribution is -2.15. The van der Waals surface area contributed by atoms with E-state index in [1.165, 1.54) is 0 Å². The van der Waals surface area contributed by atoms with Crippen LogP contribution in [-0.2, 0) is 28.8 Å². The van der Waals surface area contributed by atoms with Gasteiger partial charge in [-0.25, -0.2) is 13.5 Å². The summed E-state index contributed by atoms with van der Waals surface area (Å²) in [6.45, 7) is 4.62. The van der Waals surface area contributed by atoms with Gasteiger partial charge in [0.15, 0.2) is 0 Å². The quantitative estimate of drug-likeness (QED) is 0.470. The molecule has 0 spiro atoms. The summed E-state index contributed by atoms with van der Waals surface area (Å²) in [4.78, 5) is 5.60. The lowest BCUT2D eigenvalue weighted by molar-refractivity contribution is 0.146. The smallest absolute Gasteiger partial charge is 0.142 e. The van der Waals surface area contributed by atoms with Gasteiger partial charge >= 0.3 is 0 Å². The van der Waals surface area contributed by atoms with Crippen molar-refractivity contribution in [3.05, 3.63) is 48.3 Å². The Kier molecular flexibility index (Phi) is 7.84. The second kappa shape index (κ2) is 10.6. The molecule has 3 aromatic rings. The topological polar surface area (TPSA) is 68.6 Å². The summed E-state index contributed by atoms with van der Waals surface area (Å²) in [6, 6.07) is 13.7. The number of ether oxygens (including phenoxy) is 2. The van der Waals surface area contributed by atoms with Crippen molar-refractivity contribution in [3.8, 4) is 5.75 Å². The second-order valence-corrected chi connectivity index (χ2v) is 8.78. The van der Waals surface area contributed by atoms with Gasteiger partial charge < -0.3 is 19.4 Å². The predicted octanol–water partition coefficient (Wildman–Crippen LogP) is 3.67. The van der Waals surface area contributed by atoms with Crippen LogP contribution in [0.1, 0.15) is 19.2 Å². The monoisotopic (exact) mass is 430 g/mol. The van der Waals surface area contributed by atoms with E-state index in [1.807, 2.05) is 42.5 Å². The highest BCUT2D eigenvalue weighted by atomic mass is 32.2. The van der Waals surface area contributed by atoms with E-state index in [4.69, 9.17) is 14.5 Å². The maximum Gasteiger partial charge on any atom is 0.142 e. The van der Waals surface area contributed by atoms with E-state index in [-0.39, 0.29) is 0 Å². The van der Waals surface area contributed by atoms with Crippen molar-refractivity contribution in [1.82, 2.24) is 13.9 Å². The van der Waals surface area contributed by atoms with Gasteiger partial charge in [-0.15, -0.1) is 0 Å². The molecule has 0 radical (unpaired) electrons. The molecule has 1 aromatic heterocycles. The summed E-state index contributed by atoms with van der Waals surface area (Å²) >= 11 is 0. The second-order valence-electron chi connectivity index (χ2n) is 7.08. The van der Waals surface area contributed by atoms with Gasteiger partial charge in [-0.2, -0.15) is 0 Å². The molecule has 30 heavy (non-hydrogen) atoms. The molecule has 1 heterocycles.